The minimum absolute atomic E-state index is 0.0128. The van der Waals surface area contributed by atoms with E-state index >= 15 is 0 Å². The van der Waals surface area contributed by atoms with Crippen molar-refractivity contribution < 1.29 is 38.3 Å². The zero-order valence-electron chi connectivity index (χ0n) is 27.5. The Labute approximate surface area is 284 Å². The normalized spacial score (nSPS) is 13.6. The first-order chi connectivity index (χ1) is 23.4. The topological polar surface area (TPSA) is 168 Å². The number of hydrogen-bond donors (Lipinski definition) is 3. The quantitative estimate of drug-likeness (QED) is 0.139. The van der Waals surface area contributed by atoms with Crippen LogP contribution in [0.15, 0.2) is 35.3 Å². The highest BCUT2D eigenvalue weighted by Crippen LogP contribution is 2.28. The average Bonchev–Trinajstić information content (AvgIpc) is 3.10. The van der Waals surface area contributed by atoms with E-state index in [1.54, 1.807) is 19.3 Å². The monoisotopic (exact) mass is 692 g/mol. The average molecular weight is 693 g/mol. The predicted octanol–water partition coefficient (Wildman–Crippen LogP) is 1.89. The molecule has 264 valence electrons. The van der Waals surface area contributed by atoms with E-state index in [-0.39, 0.29) is 36.5 Å². The van der Waals surface area contributed by atoms with Gasteiger partial charge in [-0.3, -0.25) is 9.59 Å². The summed E-state index contributed by atoms with van der Waals surface area (Å²) in [5.41, 5.74) is 1.07. The van der Waals surface area contributed by atoms with Crippen LogP contribution in [0.2, 0.25) is 5.02 Å². The fraction of sp³-hybridized carbons (Fsp3) is 0.562. The maximum Gasteiger partial charge on any atom is 0.293 e. The molecule has 15 nitrogen and oxygen atoms in total. The Kier molecular flexibility index (Phi) is 15.6. The first-order valence-corrected chi connectivity index (χ1v) is 16.3. The largest absolute Gasteiger partial charge is 0.478 e. The SMILES string of the molecule is CNC(=O)COc1cc2cc(Nc3nc(N4CCC(OCCOCCOCCOCCOCCO)CC4)ncc3Cl)ccc2n(C)c1=O. The molecule has 0 radical (unpaired) electrons. The Bertz CT molecular complexity index is 1500. The summed E-state index contributed by atoms with van der Waals surface area (Å²) in [5.74, 6) is 0.767. The number of pyridine rings is 1. The Morgan fingerprint density at radius 3 is 2.27 bits per heavy atom. The van der Waals surface area contributed by atoms with Crippen LogP contribution in [0.5, 0.6) is 5.75 Å². The Balaban J connectivity index is 1.18. The number of aromatic nitrogens is 3. The minimum Gasteiger partial charge on any atom is -0.478 e. The Morgan fingerprint density at radius 2 is 1.62 bits per heavy atom. The second-order valence-electron chi connectivity index (χ2n) is 10.8. The number of hydrogen-bond acceptors (Lipinski definition) is 13. The van der Waals surface area contributed by atoms with E-state index in [2.05, 4.69) is 20.5 Å². The minimum atomic E-state index is -0.337. The van der Waals surface area contributed by atoms with Crippen molar-refractivity contribution in [2.75, 3.05) is 103 Å². The van der Waals surface area contributed by atoms with E-state index in [1.807, 2.05) is 18.2 Å². The third kappa shape index (κ3) is 11.5. The molecule has 3 N–H and O–H groups in total. The van der Waals surface area contributed by atoms with Crippen LogP contribution < -0.4 is 25.8 Å². The summed E-state index contributed by atoms with van der Waals surface area (Å²) in [6.45, 7) is 5.42. The van der Waals surface area contributed by atoms with Crippen molar-refractivity contribution in [3.8, 4) is 5.75 Å². The highest BCUT2D eigenvalue weighted by Gasteiger charge is 2.22. The lowest BCUT2D eigenvalue weighted by molar-refractivity contribution is -0.122. The molecule has 1 aliphatic rings. The zero-order valence-corrected chi connectivity index (χ0v) is 28.2. The standard InChI is InChI=1S/C32H45ClN6O9/c1-34-29(41)22-48-28-20-23-19-24(3-4-27(23)38(2)31(28)42)36-30-26(33)21-35-32(37-30)39-7-5-25(6-8-39)47-18-17-46-16-15-45-14-13-44-12-11-43-10-9-40/h3-4,19-21,25,40H,5-18,22H2,1-2H3,(H,34,41)(H,35,36,37). The molecule has 1 amide bonds. The zero-order chi connectivity index (χ0) is 34.1. The second kappa shape index (κ2) is 20.1. The molecule has 3 aromatic rings. The van der Waals surface area contributed by atoms with E-state index in [1.165, 1.54) is 11.6 Å². The number of anilines is 3. The number of ether oxygens (including phenoxy) is 6. The number of aliphatic hydroxyl groups is 1. The number of nitrogens with one attached hydrogen (secondary N) is 2. The van der Waals surface area contributed by atoms with E-state index in [4.69, 9.17) is 50.1 Å². The van der Waals surface area contributed by atoms with Crippen LogP contribution in [0.4, 0.5) is 17.5 Å². The molecular weight excluding hydrogens is 648 g/mol. The first kappa shape index (κ1) is 37.3. The van der Waals surface area contributed by atoms with E-state index in [0.717, 1.165) is 31.3 Å². The fourth-order valence-electron chi connectivity index (χ4n) is 4.91. The number of carbonyl (C=O) groups excluding carboxylic acids is 1. The molecule has 1 saturated heterocycles. The molecule has 0 unspecified atom stereocenters. The van der Waals surface area contributed by atoms with Crippen LogP contribution in [0.1, 0.15) is 12.8 Å². The van der Waals surface area contributed by atoms with Crippen LogP contribution in [-0.4, -0.2) is 124 Å². The van der Waals surface area contributed by atoms with Gasteiger partial charge >= 0.3 is 0 Å². The number of benzene rings is 1. The van der Waals surface area contributed by atoms with Gasteiger partial charge in [-0.05, 0) is 37.1 Å². The number of amides is 1. The lowest BCUT2D eigenvalue weighted by Gasteiger charge is -2.32. The third-order valence-electron chi connectivity index (χ3n) is 7.48. The summed E-state index contributed by atoms with van der Waals surface area (Å²) in [4.78, 5) is 35.6. The van der Waals surface area contributed by atoms with Crippen molar-refractivity contribution in [1.29, 1.82) is 0 Å². The molecule has 0 spiro atoms. The number of rotatable bonds is 21. The van der Waals surface area contributed by atoms with Crippen LogP contribution >= 0.6 is 11.6 Å². The summed E-state index contributed by atoms with van der Waals surface area (Å²) in [7, 11) is 3.15. The molecule has 0 saturated carbocycles. The van der Waals surface area contributed by atoms with Gasteiger partial charge in [-0.2, -0.15) is 4.98 Å². The van der Waals surface area contributed by atoms with Crippen LogP contribution in [0.3, 0.4) is 0 Å². The van der Waals surface area contributed by atoms with Gasteiger partial charge in [0.2, 0.25) is 5.95 Å². The van der Waals surface area contributed by atoms with E-state index in [9.17, 15) is 9.59 Å². The van der Waals surface area contributed by atoms with Crippen molar-refractivity contribution in [1.82, 2.24) is 19.9 Å². The Hall–Kier alpha value is -3.57. The van der Waals surface area contributed by atoms with Gasteiger partial charge < -0.3 is 53.6 Å². The van der Waals surface area contributed by atoms with Crippen molar-refractivity contribution in [3.05, 3.63) is 45.8 Å². The number of nitrogens with zero attached hydrogens (tertiary/aromatic N) is 4. The number of aryl methyl sites for hydroxylation is 1. The molecule has 0 bridgehead atoms. The number of carbonyl (C=O) groups is 1. The van der Waals surface area contributed by atoms with Gasteiger partial charge in [-0.1, -0.05) is 11.6 Å². The molecule has 2 aromatic heterocycles. The highest BCUT2D eigenvalue weighted by atomic mass is 35.5. The number of aliphatic hydroxyl groups excluding tert-OH is 1. The van der Waals surface area contributed by atoms with E-state index in [0.29, 0.717) is 87.5 Å². The second-order valence-corrected chi connectivity index (χ2v) is 11.2. The van der Waals surface area contributed by atoms with Gasteiger partial charge in [-0.25, -0.2) is 4.98 Å². The predicted molar refractivity (Wildman–Crippen MR) is 181 cm³/mol. The van der Waals surface area contributed by atoms with Gasteiger partial charge in [0.05, 0.1) is 83.9 Å². The molecule has 3 heterocycles. The molecular formula is C32H45ClN6O9. The van der Waals surface area contributed by atoms with Crippen molar-refractivity contribution in [2.24, 2.45) is 7.05 Å². The summed E-state index contributed by atoms with van der Waals surface area (Å²) in [6.07, 6.45) is 3.37. The third-order valence-corrected chi connectivity index (χ3v) is 7.76. The summed E-state index contributed by atoms with van der Waals surface area (Å²) >= 11 is 6.47. The van der Waals surface area contributed by atoms with E-state index < -0.39 is 0 Å². The molecule has 16 heteroatoms. The van der Waals surface area contributed by atoms with Crippen LogP contribution in [-0.2, 0) is 35.5 Å². The smallest absolute Gasteiger partial charge is 0.293 e. The highest BCUT2D eigenvalue weighted by molar-refractivity contribution is 6.32. The first-order valence-electron chi connectivity index (χ1n) is 15.9. The number of piperidine rings is 1. The molecule has 1 aromatic carbocycles. The van der Waals surface area contributed by atoms with Crippen molar-refractivity contribution >= 4 is 45.9 Å². The molecule has 0 atom stereocenters. The van der Waals surface area contributed by atoms with Gasteiger partial charge in [-0.15, -0.1) is 0 Å². The Morgan fingerprint density at radius 1 is 0.979 bits per heavy atom. The molecule has 1 fully saturated rings. The summed E-state index contributed by atoms with van der Waals surface area (Å²) < 4.78 is 34.5. The van der Waals surface area contributed by atoms with Crippen molar-refractivity contribution in [3.63, 3.8) is 0 Å². The maximum atomic E-state index is 12.7. The number of likely N-dealkylation sites (N-methyl/N-ethyl adjacent to an activating group) is 1. The number of fused-ring (bicyclic) bond motifs is 1. The summed E-state index contributed by atoms with van der Waals surface area (Å²) in [6, 6.07) is 7.13. The maximum absolute atomic E-state index is 12.7. The fourth-order valence-corrected chi connectivity index (χ4v) is 5.05. The van der Waals surface area contributed by atoms with Gasteiger partial charge in [0, 0.05) is 38.3 Å². The number of halogens is 1. The van der Waals surface area contributed by atoms with Gasteiger partial charge in [0.25, 0.3) is 11.5 Å². The lowest BCUT2D eigenvalue weighted by Crippen LogP contribution is -2.38. The molecule has 4 rings (SSSR count). The van der Waals surface area contributed by atoms with Crippen LogP contribution in [0, 0.1) is 0 Å². The molecule has 1 aliphatic heterocycles. The summed E-state index contributed by atoms with van der Waals surface area (Å²) in [5, 5.41) is 15.5. The van der Waals surface area contributed by atoms with Crippen molar-refractivity contribution in [2.45, 2.75) is 18.9 Å². The van der Waals surface area contributed by atoms with Gasteiger partial charge in [0.1, 0.15) is 5.02 Å². The lowest BCUT2D eigenvalue weighted by atomic mass is 10.1. The van der Waals surface area contributed by atoms with Crippen LogP contribution in [0.25, 0.3) is 10.9 Å². The molecule has 0 aliphatic carbocycles. The van der Waals surface area contributed by atoms with Gasteiger partial charge in [0.15, 0.2) is 18.2 Å². The molecule has 48 heavy (non-hydrogen) atoms.